The first-order valence-corrected chi connectivity index (χ1v) is 6.11. The van der Waals surface area contributed by atoms with Crippen molar-refractivity contribution in [2.45, 2.75) is 6.04 Å². The second kappa shape index (κ2) is 4.75. The highest BCUT2D eigenvalue weighted by atomic mass is 79.9. The zero-order valence-corrected chi connectivity index (χ0v) is 10.8. The third kappa shape index (κ3) is 2.57. The van der Waals surface area contributed by atoms with Crippen LogP contribution in [-0.2, 0) is 4.74 Å². The van der Waals surface area contributed by atoms with Crippen LogP contribution in [0.2, 0.25) is 0 Å². The molecule has 1 aromatic carbocycles. The Kier molecular flexibility index (Phi) is 3.60. The molecule has 1 heterocycles. The molecule has 0 saturated carbocycles. The van der Waals surface area contributed by atoms with Crippen LogP contribution in [0.5, 0.6) is 0 Å². The van der Waals surface area contributed by atoms with Crippen molar-refractivity contribution < 1.29 is 4.74 Å². The van der Waals surface area contributed by atoms with Crippen LogP contribution < -0.4 is 5.32 Å². The van der Waals surface area contributed by atoms with Crippen LogP contribution in [0.4, 0.5) is 0 Å². The average molecular weight is 321 g/mol. The van der Waals surface area contributed by atoms with Gasteiger partial charge in [-0.1, -0.05) is 31.9 Å². The van der Waals surface area contributed by atoms with Crippen molar-refractivity contribution in [3.05, 3.63) is 32.7 Å². The Morgan fingerprint density at radius 1 is 1.21 bits per heavy atom. The van der Waals surface area contributed by atoms with Crippen LogP contribution >= 0.6 is 31.9 Å². The summed E-state index contributed by atoms with van der Waals surface area (Å²) >= 11 is 6.96. The molecule has 2 nitrogen and oxygen atoms in total. The quantitative estimate of drug-likeness (QED) is 0.859. The lowest BCUT2D eigenvalue weighted by Gasteiger charge is -2.24. The highest BCUT2D eigenvalue weighted by molar-refractivity contribution is 9.11. The van der Waals surface area contributed by atoms with Crippen molar-refractivity contribution in [2.75, 3.05) is 19.8 Å². The van der Waals surface area contributed by atoms with E-state index >= 15 is 0 Å². The number of nitrogens with one attached hydrogen (secondary N) is 1. The van der Waals surface area contributed by atoms with E-state index in [1.165, 1.54) is 5.56 Å². The van der Waals surface area contributed by atoms with E-state index in [9.17, 15) is 0 Å². The molecule has 1 atom stereocenters. The van der Waals surface area contributed by atoms with Crippen molar-refractivity contribution in [1.29, 1.82) is 0 Å². The molecule has 0 spiro atoms. The molecular formula is C10H11Br2NO. The number of halogens is 2. The summed E-state index contributed by atoms with van der Waals surface area (Å²) in [4.78, 5) is 0. The zero-order chi connectivity index (χ0) is 9.97. The largest absolute Gasteiger partial charge is 0.378 e. The Balaban J connectivity index is 2.21. The lowest BCUT2D eigenvalue weighted by Crippen LogP contribution is -2.34. The number of rotatable bonds is 1. The molecule has 0 bridgehead atoms. The standard InChI is InChI=1S/C10H11Br2NO/c11-8-3-7(4-9(12)5-8)10-6-14-2-1-13-10/h3-5,10,13H,1-2,6H2. The fourth-order valence-corrected chi connectivity index (χ4v) is 2.88. The topological polar surface area (TPSA) is 21.3 Å². The molecule has 0 amide bonds. The fourth-order valence-electron chi connectivity index (χ4n) is 1.56. The molecule has 76 valence electrons. The summed E-state index contributed by atoms with van der Waals surface area (Å²) in [5, 5.41) is 3.42. The molecule has 1 aliphatic rings. The Morgan fingerprint density at radius 2 is 1.93 bits per heavy atom. The van der Waals surface area contributed by atoms with Gasteiger partial charge in [0.2, 0.25) is 0 Å². The van der Waals surface area contributed by atoms with E-state index in [2.05, 4.69) is 49.3 Å². The summed E-state index contributed by atoms with van der Waals surface area (Å²) in [6, 6.07) is 6.60. The zero-order valence-electron chi connectivity index (χ0n) is 7.59. The predicted molar refractivity (Wildman–Crippen MR) is 63.4 cm³/mol. The molecule has 1 aromatic rings. The maximum absolute atomic E-state index is 5.42. The lowest BCUT2D eigenvalue weighted by atomic mass is 10.1. The van der Waals surface area contributed by atoms with E-state index in [0.717, 1.165) is 28.7 Å². The number of benzene rings is 1. The monoisotopic (exact) mass is 319 g/mol. The maximum atomic E-state index is 5.42. The van der Waals surface area contributed by atoms with E-state index in [1.807, 2.05) is 6.07 Å². The van der Waals surface area contributed by atoms with E-state index in [0.29, 0.717) is 6.04 Å². The van der Waals surface area contributed by atoms with Crippen LogP contribution in [0, 0.1) is 0 Å². The first-order valence-electron chi connectivity index (χ1n) is 4.53. The molecule has 4 heteroatoms. The molecule has 2 rings (SSSR count). The van der Waals surface area contributed by atoms with E-state index in [4.69, 9.17) is 4.74 Å². The van der Waals surface area contributed by atoms with E-state index in [1.54, 1.807) is 0 Å². The molecule has 1 unspecified atom stereocenters. The normalized spacial score (nSPS) is 22.3. The number of hydrogen-bond donors (Lipinski definition) is 1. The van der Waals surface area contributed by atoms with E-state index in [-0.39, 0.29) is 0 Å². The van der Waals surface area contributed by atoms with Crippen molar-refractivity contribution >= 4 is 31.9 Å². The van der Waals surface area contributed by atoms with Gasteiger partial charge in [-0.15, -0.1) is 0 Å². The van der Waals surface area contributed by atoms with Gasteiger partial charge in [-0.3, -0.25) is 0 Å². The molecule has 0 aliphatic carbocycles. The first kappa shape index (κ1) is 10.6. The Morgan fingerprint density at radius 3 is 2.50 bits per heavy atom. The molecule has 1 N–H and O–H groups in total. The summed E-state index contributed by atoms with van der Waals surface area (Å²) < 4.78 is 7.61. The smallest absolute Gasteiger partial charge is 0.0662 e. The van der Waals surface area contributed by atoms with Crippen LogP contribution in [-0.4, -0.2) is 19.8 Å². The molecule has 1 fully saturated rings. The van der Waals surface area contributed by atoms with Gasteiger partial charge in [0.05, 0.1) is 19.3 Å². The predicted octanol–water partition coefficient (Wildman–Crippen LogP) is 2.87. The van der Waals surface area contributed by atoms with Crippen molar-refractivity contribution in [3.8, 4) is 0 Å². The van der Waals surface area contributed by atoms with Gasteiger partial charge in [0.1, 0.15) is 0 Å². The molecule has 14 heavy (non-hydrogen) atoms. The van der Waals surface area contributed by atoms with Crippen LogP contribution in [0.15, 0.2) is 27.1 Å². The molecule has 0 aromatic heterocycles. The van der Waals surface area contributed by atoms with Gasteiger partial charge in [-0.25, -0.2) is 0 Å². The van der Waals surface area contributed by atoms with Gasteiger partial charge in [-0.2, -0.15) is 0 Å². The van der Waals surface area contributed by atoms with Gasteiger partial charge < -0.3 is 10.1 Å². The third-order valence-corrected chi connectivity index (χ3v) is 3.12. The number of hydrogen-bond acceptors (Lipinski definition) is 2. The minimum Gasteiger partial charge on any atom is -0.378 e. The SMILES string of the molecule is Brc1cc(Br)cc(C2COCCN2)c1. The Labute approximate surface area is 100 Å². The summed E-state index contributed by atoms with van der Waals surface area (Å²) in [6.45, 7) is 2.49. The van der Waals surface area contributed by atoms with Crippen molar-refractivity contribution in [2.24, 2.45) is 0 Å². The number of ether oxygens (including phenoxy) is 1. The van der Waals surface area contributed by atoms with Crippen LogP contribution in [0.1, 0.15) is 11.6 Å². The Hall–Kier alpha value is 0.1000. The fraction of sp³-hybridized carbons (Fsp3) is 0.400. The second-order valence-electron chi connectivity index (χ2n) is 3.28. The van der Waals surface area contributed by atoms with Crippen molar-refractivity contribution in [3.63, 3.8) is 0 Å². The second-order valence-corrected chi connectivity index (χ2v) is 5.12. The van der Waals surface area contributed by atoms with E-state index < -0.39 is 0 Å². The van der Waals surface area contributed by atoms with Crippen molar-refractivity contribution in [1.82, 2.24) is 5.32 Å². The summed E-state index contributed by atoms with van der Waals surface area (Å²) in [5.74, 6) is 0. The van der Waals surface area contributed by atoms with Crippen LogP contribution in [0.3, 0.4) is 0 Å². The summed E-state index contributed by atoms with van der Waals surface area (Å²) in [5.41, 5.74) is 1.26. The van der Waals surface area contributed by atoms with Crippen LogP contribution in [0.25, 0.3) is 0 Å². The molecule has 1 saturated heterocycles. The Bertz CT molecular complexity index is 304. The lowest BCUT2D eigenvalue weighted by molar-refractivity contribution is 0.0768. The summed E-state index contributed by atoms with van der Waals surface area (Å²) in [7, 11) is 0. The molecule has 0 radical (unpaired) electrons. The molecular weight excluding hydrogens is 310 g/mol. The van der Waals surface area contributed by atoms with Gasteiger partial charge in [-0.05, 0) is 23.8 Å². The third-order valence-electron chi connectivity index (χ3n) is 2.21. The highest BCUT2D eigenvalue weighted by Crippen LogP contribution is 2.25. The van der Waals surface area contributed by atoms with Gasteiger partial charge in [0.25, 0.3) is 0 Å². The van der Waals surface area contributed by atoms with Gasteiger partial charge in [0, 0.05) is 15.5 Å². The van der Waals surface area contributed by atoms with Gasteiger partial charge in [0.15, 0.2) is 0 Å². The van der Waals surface area contributed by atoms with Gasteiger partial charge >= 0.3 is 0 Å². The number of morpholine rings is 1. The minimum absolute atomic E-state index is 0.317. The molecule has 1 aliphatic heterocycles. The first-order chi connectivity index (χ1) is 6.75. The maximum Gasteiger partial charge on any atom is 0.0662 e. The highest BCUT2D eigenvalue weighted by Gasteiger charge is 2.15. The minimum atomic E-state index is 0.317. The summed E-state index contributed by atoms with van der Waals surface area (Å²) in [6.07, 6.45) is 0. The average Bonchev–Trinajstić information content (AvgIpc) is 2.18.